The van der Waals surface area contributed by atoms with Crippen LogP contribution in [0.25, 0.3) is 0 Å². The predicted octanol–water partition coefficient (Wildman–Crippen LogP) is 2.37. The van der Waals surface area contributed by atoms with Crippen LogP contribution < -0.4 is 10.6 Å². The Morgan fingerprint density at radius 2 is 1.90 bits per heavy atom. The van der Waals surface area contributed by atoms with E-state index in [1.165, 1.54) is 77.5 Å². The molecule has 3 fully saturated rings. The molecule has 0 bridgehead atoms. The van der Waals surface area contributed by atoms with Crippen molar-refractivity contribution in [3.8, 4) is 0 Å². The maximum absolute atomic E-state index is 3.91. The standard InChI is InChI=1S/C17H33N3/c1-2-20(14-9-10-14)13-12-19-16-7-4-3-6-15(16)17-8-5-11-18-17/h14-19H,2-13H2,1H3. The van der Waals surface area contributed by atoms with Crippen LogP contribution in [0.2, 0.25) is 0 Å². The molecular formula is C17H33N3. The zero-order valence-electron chi connectivity index (χ0n) is 13.2. The van der Waals surface area contributed by atoms with Gasteiger partial charge in [0.15, 0.2) is 0 Å². The van der Waals surface area contributed by atoms with Gasteiger partial charge in [0.25, 0.3) is 0 Å². The van der Waals surface area contributed by atoms with Gasteiger partial charge in [0.05, 0.1) is 0 Å². The van der Waals surface area contributed by atoms with Crippen molar-refractivity contribution in [2.45, 2.75) is 76.4 Å². The molecule has 1 heterocycles. The molecule has 116 valence electrons. The number of hydrogen-bond acceptors (Lipinski definition) is 3. The molecule has 2 N–H and O–H groups in total. The first-order valence-corrected chi connectivity index (χ1v) is 9.09. The smallest absolute Gasteiger partial charge is 0.0111 e. The minimum atomic E-state index is 0.775. The average Bonchev–Trinajstić information content (AvgIpc) is 3.18. The molecule has 0 radical (unpaired) electrons. The average molecular weight is 279 g/mol. The second-order valence-corrected chi connectivity index (χ2v) is 7.07. The van der Waals surface area contributed by atoms with Gasteiger partial charge < -0.3 is 10.6 Å². The van der Waals surface area contributed by atoms with E-state index in [0.717, 1.165) is 24.0 Å². The van der Waals surface area contributed by atoms with Gasteiger partial charge in [-0.2, -0.15) is 0 Å². The fourth-order valence-electron chi connectivity index (χ4n) is 4.40. The molecule has 0 aromatic carbocycles. The Balaban J connectivity index is 1.44. The van der Waals surface area contributed by atoms with Gasteiger partial charge in [0.2, 0.25) is 0 Å². The van der Waals surface area contributed by atoms with Gasteiger partial charge in [-0.1, -0.05) is 19.8 Å². The molecule has 0 aromatic rings. The maximum Gasteiger partial charge on any atom is 0.0111 e. The molecule has 0 aromatic heterocycles. The first-order valence-electron chi connectivity index (χ1n) is 9.09. The molecule has 3 atom stereocenters. The van der Waals surface area contributed by atoms with Crippen molar-refractivity contribution in [2.75, 3.05) is 26.2 Å². The van der Waals surface area contributed by atoms with Crippen LogP contribution in [0.5, 0.6) is 0 Å². The van der Waals surface area contributed by atoms with Crippen LogP contribution in [-0.4, -0.2) is 49.2 Å². The highest BCUT2D eigenvalue weighted by Crippen LogP contribution is 2.30. The zero-order chi connectivity index (χ0) is 13.8. The third-order valence-electron chi connectivity index (χ3n) is 5.71. The summed E-state index contributed by atoms with van der Waals surface area (Å²) in [6.07, 6.45) is 11.4. The normalized spacial score (nSPS) is 34.8. The quantitative estimate of drug-likeness (QED) is 0.749. The minimum Gasteiger partial charge on any atom is -0.314 e. The van der Waals surface area contributed by atoms with Crippen molar-refractivity contribution in [1.29, 1.82) is 0 Å². The monoisotopic (exact) mass is 279 g/mol. The van der Waals surface area contributed by atoms with Crippen LogP contribution in [0.15, 0.2) is 0 Å². The van der Waals surface area contributed by atoms with E-state index >= 15 is 0 Å². The molecule has 0 amide bonds. The molecule has 2 saturated carbocycles. The number of hydrogen-bond donors (Lipinski definition) is 2. The van der Waals surface area contributed by atoms with Crippen LogP contribution in [0.3, 0.4) is 0 Å². The Labute approximate surface area is 124 Å². The SMILES string of the molecule is CCN(CCNC1CCCCC1C1CCCN1)C1CC1. The number of nitrogens with zero attached hydrogens (tertiary/aromatic N) is 1. The Bertz CT molecular complexity index is 284. The van der Waals surface area contributed by atoms with Crippen LogP contribution in [-0.2, 0) is 0 Å². The summed E-state index contributed by atoms with van der Waals surface area (Å²) in [6.45, 7) is 7.23. The van der Waals surface area contributed by atoms with Gasteiger partial charge >= 0.3 is 0 Å². The van der Waals surface area contributed by atoms with E-state index in [2.05, 4.69) is 22.5 Å². The van der Waals surface area contributed by atoms with Crippen LogP contribution >= 0.6 is 0 Å². The molecule has 3 rings (SSSR count). The summed E-state index contributed by atoms with van der Waals surface area (Å²) >= 11 is 0. The lowest BCUT2D eigenvalue weighted by atomic mass is 9.79. The molecule has 20 heavy (non-hydrogen) atoms. The van der Waals surface area contributed by atoms with E-state index in [1.54, 1.807) is 0 Å². The molecule has 1 saturated heterocycles. The van der Waals surface area contributed by atoms with Crippen molar-refractivity contribution in [3.63, 3.8) is 0 Å². The summed E-state index contributed by atoms with van der Waals surface area (Å²) in [7, 11) is 0. The topological polar surface area (TPSA) is 27.3 Å². The zero-order valence-corrected chi connectivity index (χ0v) is 13.2. The lowest BCUT2D eigenvalue weighted by molar-refractivity contribution is 0.202. The number of rotatable bonds is 7. The van der Waals surface area contributed by atoms with Crippen LogP contribution in [0.4, 0.5) is 0 Å². The number of likely N-dealkylation sites (N-methyl/N-ethyl adjacent to an activating group) is 1. The fraction of sp³-hybridized carbons (Fsp3) is 1.00. The van der Waals surface area contributed by atoms with Gasteiger partial charge in [0, 0.05) is 31.2 Å². The van der Waals surface area contributed by atoms with Crippen molar-refractivity contribution >= 4 is 0 Å². The number of nitrogens with one attached hydrogen (secondary N) is 2. The highest BCUT2D eigenvalue weighted by atomic mass is 15.2. The van der Waals surface area contributed by atoms with E-state index in [0.29, 0.717) is 0 Å². The second-order valence-electron chi connectivity index (χ2n) is 7.07. The Morgan fingerprint density at radius 1 is 1.05 bits per heavy atom. The Hall–Kier alpha value is -0.120. The predicted molar refractivity (Wildman–Crippen MR) is 85.0 cm³/mol. The third-order valence-corrected chi connectivity index (χ3v) is 5.71. The molecule has 3 heteroatoms. The lowest BCUT2D eigenvalue weighted by Crippen LogP contribution is -2.48. The molecule has 1 aliphatic heterocycles. The van der Waals surface area contributed by atoms with Gasteiger partial charge in [-0.3, -0.25) is 4.90 Å². The molecule has 3 nitrogen and oxygen atoms in total. The summed E-state index contributed by atoms with van der Waals surface area (Å²) in [6, 6.07) is 2.50. The Kier molecular flexibility index (Phi) is 5.36. The summed E-state index contributed by atoms with van der Waals surface area (Å²) < 4.78 is 0. The van der Waals surface area contributed by atoms with E-state index in [-0.39, 0.29) is 0 Å². The molecule has 3 aliphatic rings. The summed E-state index contributed by atoms with van der Waals surface area (Å²) in [4.78, 5) is 2.67. The van der Waals surface area contributed by atoms with E-state index < -0.39 is 0 Å². The summed E-state index contributed by atoms with van der Waals surface area (Å²) in [5.74, 6) is 0.891. The fourth-order valence-corrected chi connectivity index (χ4v) is 4.40. The highest BCUT2D eigenvalue weighted by Gasteiger charge is 2.33. The van der Waals surface area contributed by atoms with Gasteiger partial charge in [-0.05, 0) is 57.5 Å². The summed E-state index contributed by atoms with van der Waals surface area (Å²) in [5.41, 5.74) is 0. The highest BCUT2D eigenvalue weighted by molar-refractivity contribution is 4.92. The second kappa shape index (κ2) is 7.24. The van der Waals surface area contributed by atoms with Gasteiger partial charge in [0.1, 0.15) is 0 Å². The Morgan fingerprint density at radius 3 is 2.60 bits per heavy atom. The maximum atomic E-state index is 3.91. The summed E-state index contributed by atoms with van der Waals surface area (Å²) in [5, 5.41) is 7.66. The largest absolute Gasteiger partial charge is 0.314 e. The third kappa shape index (κ3) is 3.75. The minimum absolute atomic E-state index is 0.775. The first-order chi connectivity index (χ1) is 9.88. The molecule has 0 spiro atoms. The van der Waals surface area contributed by atoms with E-state index in [9.17, 15) is 0 Å². The van der Waals surface area contributed by atoms with E-state index in [1.807, 2.05) is 0 Å². The van der Waals surface area contributed by atoms with Gasteiger partial charge in [-0.25, -0.2) is 0 Å². The van der Waals surface area contributed by atoms with Gasteiger partial charge in [-0.15, -0.1) is 0 Å². The van der Waals surface area contributed by atoms with Crippen LogP contribution in [0, 0.1) is 5.92 Å². The van der Waals surface area contributed by atoms with Crippen molar-refractivity contribution in [3.05, 3.63) is 0 Å². The lowest BCUT2D eigenvalue weighted by Gasteiger charge is -2.37. The van der Waals surface area contributed by atoms with Crippen molar-refractivity contribution < 1.29 is 0 Å². The van der Waals surface area contributed by atoms with Crippen molar-refractivity contribution in [2.24, 2.45) is 5.92 Å². The molecule has 2 aliphatic carbocycles. The van der Waals surface area contributed by atoms with E-state index in [4.69, 9.17) is 0 Å². The first kappa shape index (κ1) is 14.8. The molecular weight excluding hydrogens is 246 g/mol. The van der Waals surface area contributed by atoms with Crippen LogP contribution in [0.1, 0.15) is 58.3 Å². The van der Waals surface area contributed by atoms with Crippen molar-refractivity contribution in [1.82, 2.24) is 15.5 Å². The molecule has 3 unspecified atom stereocenters.